The van der Waals surface area contributed by atoms with Crippen LogP contribution in [0.1, 0.15) is 19.8 Å². The molecule has 0 radical (unpaired) electrons. The van der Waals surface area contributed by atoms with Crippen molar-refractivity contribution in [1.82, 2.24) is 5.32 Å². The lowest BCUT2D eigenvalue weighted by atomic mass is 10.4. The molecule has 0 aromatic carbocycles. The summed E-state index contributed by atoms with van der Waals surface area (Å²) in [7, 11) is 1.30. The molecule has 16 heavy (non-hydrogen) atoms. The first-order valence-corrected chi connectivity index (χ1v) is 6.35. The van der Waals surface area contributed by atoms with Crippen molar-refractivity contribution in [3.63, 3.8) is 0 Å². The number of methoxy groups -OCH3 is 1. The molecule has 1 saturated carbocycles. The van der Waals surface area contributed by atoms with Crippen molar-refractivity contribution >= 4 is 23.6 Å². The molecule has 0 spiro atoms. The average Bonchev–Trinajstić information content (AvgIpc) is 3.07. The number of ether oxygens (including phenoxy) is 1. The van der Waals surface area contributed by atoms with Gasteiger partial charge in [-0.2, -0.15) is 0 Å². The van der Waals surface area contributed by atoms with Crippen molar-refractivity contribution in [3.05, 3.63) is 0 Å². The van der Waals surface area contributed by atoms with Gasteiger partial charge in [-0.05, 0) is 19.8 Å². The topological polar surface area (TPSA) is 81.4 Å². The first-order chi connectivity index (χ1) is 7.54. The van der Waals surface area contributed by atoms with E-state index in [9.17, 15) is 9.59 Å². The number of rotatable bonds is 6. The summed E-state index contributed by atoms with van der Waals surface area (Å²) in [5.74, 6) is -0.0294. The molecule has 0 heterocycles. The Labute approximate surface area is 99.5 Å². The Hall–Kier alpha value is -0.750. The number of carbonyl (C=O) groups is 2. The highest BCUT2D eigenvalue weighted by atomic mass is 32.2. The largest absolute Gasteiger partial charge is 0.468 e. The highest BCUT2D eigenvalue weighted by molar-refractivity contribution is 8.00. The standard InChI is InChI=1S/C10H18N2O3S/c1-6(9(13)12-7-3-4-7)16-5-8(11)10(14)15-2/h6-8H,3-5,11H2,1-2H3,(H,12,13). The molecular weight excluding hydrogens is 228 g/mol. The minimum absolute atomic E-state index is 0.0181. The number of nitrogens with two attached hydrogens (primary N) is 1. The summed E-state index contributed by atoms with van der Waals surface area (Å²) < 4.78 is 4.50. The molecule has 1 amide bonds. The van der Waals surface area contributed by atoms with Gasteiger partial charge in [0.1, 0.15) is 6.04 Å². The van der Waals surface area contributed by atoms with Crippen molar-refractivity contribution in [2.75, 3.05) is 12.9 Å². The van der Waals surface area contributed by atoms with Crippen molar-refractivity contribution in [3.8, 4) is 0 Å². The van der Waals surface area contributed by atoms with Gasteiger partial charge in [0.15, 0.2) is 0 Å². The minimum Gasteiger partial charge on any atom is -0.468 e. The molecule has 1 aliphatic carbocycles. The summed E-state index contributed by atoms with van der Waals surface area (Å²) in [5.41, 5.74) is 5.56. The van der Waals surface area contributed by atoms with E-state index in [-0.39, 0.29) is 11.2 Å². The maximum absolute atomic E-state index is 11.6. The first-order valence-electron chi connectivity index (χ1n) is 5.30. The number of nitrogens with one attached hydrogen (secondary N) is 1. The molecule has 0 aromatic heterocycles. The van der Waals surface area contributed by atoms with Crippen LogP contribution in [0.2, 0.25) is 0 Å². The normalized spacial score (nSPS) is 18.7. The number of thioether (sulfide) groups is 1. The van der Waals surface area contributed by atoms with E-state index in [0.717, 1.165) is 12.8 Å². The monoisotopic (exact) mass is 246 g/mol. The van der Waals surface area contributed by atoms with Crippen LogP contribution < -0.4 is 11.1 Å². The average molecular weight is 246 g/mol. The number of hydrogen-bond acceptors (Lipinski definition) is 5. The predicted molar refractivity (Wildman–Crippen MR) is 63.1 cm³/mol. The molecule has 3 N–H and O–H groups in total. The highest BCUT2D eigenvalue weighted by Crippen LogP contribution is 2.20. The molecule has 1 rings (SSSR count). The molecular formula is C10H18N2O3S. The Bertz CT molecular complexity index is 269. The van der Waals surface area contributed by atoms with E-state index in [1.165, 1.54) is 18.9 Å². The summed E-state index contributed by atoms with van der Waals surface area (Å²) in [4.78, 5) is 22.6. The number of amides is 1. The van der Waals surface area contributed by atoms with Gasteiger partial charge in [-0.1, -0.05) is 0 Å². The molecule has 1 aliphatic rings. The summed E-state index contributed by atoms with van der Waals surface area (Å²) in [6.07, 6.45) is 2.15. The van der Waals surface area contributed by atoms with Gasteiger partial charge in [0, 0.05) is 11.8 Å². The third kappa shape index (κ3) is 4.40. The maximum atomic E-state index is 11.6. The van der Waals surface area contributed by atoms with Crippen LogP contribution in [0.4, 0.5) is 0 Å². The molecule has 0 aromatic rings. The Balaban J connectivity index is 2.19. The van der Waals surface area contributed by atoms with Gasteiger partial charge in [0.25, 0.3) is 0 Å². The van der Waals surface area contributed by atoms with Crippen LogP contribution in [0.5, 0.6) is 0 Å². The van der Waals surface area contributed by atoms with Gasteiger partial charge in [0.2, 0.25) is 5.91 Å². The lowest BCUT2D eigenvalue weighted by Gasteiger charge is -2.13. The Morgan fingerprint density at radius 2 is 2.19 bits per heavy atom. The van der Waals surface area contributed by atoms with Crippen molar-refractivity contribution in [1.29, 1.82) is 0 Å². The van der Waals surface area contributed by atoms with Gasteiger partial charge in [-0.25, -0.2) is 0 Å². The Morgan fingerprint density at radius 1 is 1.56 bits per heavy atom. The van der Waals surface area contributed by atoms with Crippen molar-refractivity contribution < 1.29 is 14.3 Å². The van der Waals surface area contributed by atoms with Gasteiger partial charge in [0.05, 0.1) is 12.4 Å². The zero-order chi connectivity index (χ0) is 12.1. The molecule has 0 aliphatic heterocycles. The number of hydrogen-bond donors (Lipinski definition) is 2. The van der Waals surface area contributed by atoms with Gasteiger partial charge in [-0.15, -0.1) is 11.8 Å². The van der Waals surface area contributed by atoms with E-state index in [2.05, 4.69) is 10.1 Å². The molecule has 0 bridgehead atoms. The molecule has 0 saturated heterocycles. The van der Waals surface area contributed by atoms with Crippen LogP contribution in [0.25, 0.3) is 0 Å². The zero-order valence-corrected chi connectivity index (χ0v) is 10.4. The number of carbonyl (C=O) groups excluding carboxylic acids is 2. The third-order valence-electron chi connectivity index (χ3n) is 2.32. The van der Waals surface area contributed by atoms with Crippen LogP contribution in [0.15, 0.2) is 0 Å². The summed E-state index contributed by atoms with van der Waals surface area (Å²) in [6, 6.07) is -0.295. The fourth-order valence-electron chi connectivity index (χ4n) is 1.09. The summed E-state index contributed by atoms with van der Waals surface area (Å²) in [5, 5.41) is 2.72. The second kappa shape index (κ2) is 6.10. The van der Waals surface area contributed by atoms with E-state index < -0.39 is 12.0 Å². The molecule has 92 valence electrons. The van der Waals surface area contributed by atoms with Crippen molar-refractivity contribution in [2.45, 2.75) is 37.1 Å². The van der Waals surface area contributed by atoms with E-state index in [1.807, 2.05) is 6.92 Å². The van der Waals surface area contributed by atoms with Crippen LogP contribution in [0.3, 0.4) is 0 Å². The zero-order valence-electron chi connectivity index (χ0n) is 9.56. The highest BCUT2D eigenvalue weighted by Gasteiger charge is 2.26. The molecule has 2 unspecified atom stereocenters. The third-order valence-corrected chi connectivity index (χ3v) is 3.59. The van der Waals surface area contributed by atoms with Crippen LogP contribution in [-0.2, 0) is 14.3 Å². The smallest absolute Gasteiger partial charge is 0.323 e. The minimum atomic E-state index is -0.661. The lowest BCUT2D eigenvalue weighted by Crippen LogP contribution is -2.37. The summed E-state index contributed by atoms with van der Waals surface area (Å²) in [6.45, 7) is 1.81. The van der Waals surface area contributed by atoms with Crippen LogP contribution in [0, 0.1) is 0 Å². The fourth-order valence-corrected chi connectivity index (χ4v) is 1.94. The number of esters is 1. The quantitative estimate of drug-likeness (QED) is 0.639. The molecule has 2 atom stereocenters. The first kappa shape index (κ1) is 13.3. The van der Waals surface area contributed by atoms with Gasteiger partial charge < -0.3 is 15.8 Å². The predicted octanol–water partition coefficient (Wildman–Crippen LogP) is -0.113. The van der Waals surface area contributed by atoms with Crippen LogP contribution in [-0.4, -0.2) is 42.1 Å². The summed E-state index contributed by atoms with van der Waals surface area (Å²) >= 11 is 1.37. The Morgan fingerprint density at radius 3 is 2.69 bits per heavy atom. The van der Waals surface area contributed by atoms with Crippen LogP contribution >= 0.6 is 11.8 Å². The van der Waals surface area contributed by atoms with E-state index >= 15 is 0 Å². The lowest BCUT2D eigenvalue weighted by molar-refractivity contribution is -0.141. The molecule has 6 heteroatoms. The second-order valence-corrected chi connectivity index (χ2v) is 5.26. The van der Waals surface area contributed by atoms with E-state index in [4.69, 9.17) is 5.73 Å². The molecule has 1 fully saturated rings. The van der Waals surface area contributed by atoms with E-state index in [1.54, 1.807) is 0 Å². The van der Waals surface area contributed by atoms with Gasteiger partial charge in [-0.3, -0.25) is 9.59 Å². The second-order valence-electron chi connectivity index (χ2n) is 3.89. The SMILES string of the molecule is COC(=O)C(N)CSC(C)C(=O)NC1CC1. The Kier molecular flexibility index (Phi) is 5.08. The maximum Gasteiger partial charge on any atom is 0.323 e. The van der Waals surface area contributed by atoms with Gasteiger partial charge >= 0.3 is 5.97 Å². The fraction of sp³-hybridized carbons (Fsp3) is 0.800. The van der Waals surface area contributed by atoms with E-state index in [0.29, 0.717) is 11.8 Å². The molecule has 5 nitrogen and oxygen atoms in total. The van der Waals surface area contributed by atoms with Crippen molar-refractivity contribution in [2.24, 2.45) is 5.73 Å².